The highest BCUT2D eigenvalue weighted by Gasteiger charge is 2.21. The second kappa shape index (κ2) is 11.6. The molecule has 0 bridgehead atoms. The van der Waals surface area contributed by atoms with Crippen LogP contribution in [0.25, 0.3) is 11.0 Å². The zero-order valence-electron chi connectivity index (χ0n) is 20.8. The van der Waals surface area contributed by atoms with Gasteiger partial charge in [0, 0.05) is 42.1 Å². The first kappa shape index (κ1) is 25.0. The van der Waals surface area contributed by atoms with Gasteiger partial charge < -0.3 is 24.7 Å². The van der Waals surface area contributed by atoms with Gasteiger partial charge in [-0.05, 0) is 81.4 Å². The number of furan rings is 1. The fraction of sp³-hybridized carbons (Fsp3) is 0.464. The number of hydrogen-bond donors (Lipinski definition) is 1. The molecule has 2 amide bonds. The Morgan fingerprint density at radius 2 is 1.94 bits per heavy atom. The highest BCUT2D eigenvalue weighted by Crippen LogP contribution is 2.35. The van der Waals surface area contributed by atoms with Crippen molar-refractivity contribution in [2.45, 2.75) is 38.5 Å². The van der Waals surface area contributed by atoms with Crippen LogP contribution in [-0.2, 0) is 6.42 Å². The molecule has 3 heterocycles. The van der Waals surface area contributed by atoms with Gasteiger partial charge in [-0.3, -0.25) is 4.90 Å². The number of amides is 2. The van der Waals surface area contributed by atoms with Crippen molar-refractivity contribution in [2.24, 2.45) is 5.73 Å². The molecule has 3 aromatic rings. The van der Waals surface area contributed by atoms with Crippen molar-refractivity contribution < 1.29 is 13.9 Å². The van der Waals surface area contributed by atoms with E-state index in [4.69, 9.17) is 14.9 Å². The molecule has 0 aliphatic carbocycles. The van der Waals surface area contributed by atoms with Gasteiger partial charge >= 0.3 is 6.03 Å². The van der Waals surface area contributed by atoms with Crippen LogP contribution in [-0.4, -0.2) is 56.8 Å². The first-order chi connectivity index (χ1) is 17.6. The highest BCUT2D eigenvalue weighted by molar-refractivity contribution is 9.10. The number of rotatable bonds is 7. The second-order valence-corrected chi connectivity index (χ2v) is 10.6. The average molecular weight is 556 g/mol. The Balaban J connectivity index is 1.13. The third kappa shape index (κ3) is 5.81. The lowest BCUT2D eigenvalue weighted by Gasteiger charge is -2.26. The van der Waals surface area contributed by atoms with E-state index in [0.29, 0.717) is 12.4 Å². The van der Waals surface area contributed by atoms with E-state index < -0.39 is 6.03 Å². The molecule has 2 aromatic carbocycles. The van der Waals surface area contributed by atoms with Crippen LogP contribution in [0.2, 0.25) is 0 Å². The summed E-state index contributed by atoms with van der Waals surface area (Å²) in [6.45, 7) is 6.54. The molecule has 0 atom stereocenters. The second-order valence-electron chi connectivity index (χ2n) is 9.72. The number of para-hydroxylation sites is 1. The molecule has 2 aliphatic rings. The zero-order valence-corrected chi connectivity index (χ0v) is 22.3. The highest BCUT2D eigenvalue weighted by atomic mass is 79.9. The molecular weight excluding hydrogens is 520 g/mol. The van der Waals surface area contributed by atoms with E-state index in [-0.39, 0.29) is 0 Å². The van der Waals surface area contributed by atoms with E-state index in [1.54, 1.807) is 4.90 Å². The van der Waals surface area contributed by atoms with E-state index in [9.17, 15) is 4.79 Å². The van der Waals surface area contributed by atoms with Crippen LogP contribution in [0.15, 0.2) is 51.4 Å². The Morgan fingerprint density at radius 3 is 2.83 bits per heavy atom. The molecule has 0 spiro atoms. The molecule has 7 nitrogen and oxygen atoms in total. The van der Waals surface area contributed by atoms with Crippen molar-refractivity contribution in [3.05, 3.63) is 52.5 Å². The number of halogens is 1. The normalized spacial score (nSPS) is 16.8. The van der Waals surface area contributed by atoms with Crippen molar-refractivity contribution >= 4 is 44.5 Å². The van der Waals surface area contributed by atoms with Crippen molar-refractivity contribution in [1.29, 1.82) is 0 Å². The minimum absolute atomic E-state index is 0.484. The minimum Gasteiger partial charge on any atom is -0.491 e. The number of primary amides is 1. The number of nitrogens with two attached hydrogens (primary N) is 1. The number of carbonyl (C=O) groups is 1. The standard InChI is InChI=1S/C28H35BrN4O3/c29-23-10-11-25-22(19-23)20-26(36-25)33(28(30)34)15-3-2-12-31-13-6-14-32(17-16-31)24-9-5-8-21-7-1-4-18-35-27(21)24/h5,8-11,19-20H,1-4,6-7,12-18H2,(H2,30,34). The molecule has 0 unspecified atom stereocenters. The minimum atomic E-state index is -0.484. The number of unbranched alkanes of at least 4 members (excludes halogenated alkanes) is 1. The van der Waals surface area contributed by atoms with E-state index in [2.05, 4.69) is 43.9 Å². The van der Waals surface area contributed by atoms with Gasteiger partial charge in [-0.25, -0.2) is 4.79 Å². The maximum absolute atomic E-state index is 12.1. The summed E-state index contributed by atoms with van der Waals surface area (Å²) < 4.78 is 13.0. The summed E-state index contributed by atoms with van der Waals surface area (Å²) in [6, 6.07) is 13.8. The fourth-order valence-electron chi connectivity index (χ4n) is 5.28. The van der Waals surface area contributed by atoms with Gasteiger partial charge in [-0.15, -0.1) is 0 Å². The Hall–Kier alpha value is -2.71. The number of aryl methyl sites for hydroxylation is 1. The SMILES string of the molecule is NC(=O)N(CCCCN1CCCN(c2cccc3c2OCCCC3)CC1)c1cc2cc(Br)ccc2o1. The molecule has 36 heavy (non-hydrogen) atoms. The van der Waals surface area contributed by atoms with Crippen LogP contribution in [0.3, 0.4) is 0 Å². The quantitative estimate of drug-likeness (QED) is 0.374. The van der Waals surface area contributed by atoms with E-state index in [1.165, 1.54) is 17.7 Å². The molecule has 1 saturated heterocycles. The number of ether oxygens (including phenoxy) is 1. The Morgan fingerprint density at radius 1 is 1.03 bits per heavy atom. The molecule has 192 valence electrons. The van der Waals surface area contributed by atoms with Crippen LogP contribution in [0.4, 0.5) is 16.4 Å². The average Bonchev–Trinajstić information content (AvgIpc) is 3.02. The van der Waals surface area contributed by atoms with Crippen LogP contribution < -0.4 is 20.3 Å². The smallest absolute Gasteiger partial charge is 0.321 e. The van der Waals surface area contributed by atoms with Gasteiger partial charge in [0.1, 0.15) is 11.3 Å². The summed E-state index contributed by atoms with van der Waals surface area (Å²) >= 11 is 3.48. The maximum atomic E-state index is 12.1. The summed E-state index contributed by atoms with van der Waals surface area (Å²) in [5.41, 5.74) is 9.04. The molecule has 2 N–H and O–H groups in total. The maximum Gasteiger partial charge on any atom is 0.321 e. The first-order valence-electron chi connectivity index (χ1n) is 13.1. The zero-order chi connectivity index (χ0) is 24.9. The molecular formula is C28H35BrN4O3. The van der Waals surface area contributed by atoms with Gasteiger partial charge in [-0.2, -0.15) is 0 Å². The molecule has 8 heteroatoms. The predicted molar refractivity (Wildman–Crippen MR) is 148 cm³/mol. The molecule has 1 fully saturated rings. The van der Waals surface area contributed by atoms with Crippen molar-refractivity contribution in [3.63, 3.8) is 0 Å². The molecule has 0 radical (unpaired) electrons. The van der Waals surface area contributed by atoms with Crippen molar-refractivity contribution in [3.8, 4) is 5.75 Å². The van der Waals surface area contributed by atoms with Crippen LogP contribution in [0, 0.1) is 0 Å². The van der Waals surface area contributed by atoms with Gasteiger partial charge in [0.05, 0.1) is 12.3 Å². The number of nitrogens with zero attached hydrogens (tertiary/aromatic N) is 3. The molecule has 5 rings (SSSR count). The fourth-order valence-corrected chi connectivity index (χ4v) is 5.66. The number of fused-ring (bicyclic) bond motifs is 2. The lowest BCUT2D eigenvalue weighted by Crippen LogP contribution is -2.37. The van der Waals surface area contributed by atoms with Crippen LogP contribution in [0.1, 0.15) is 37.7 Å². The van der Waals surface area contributed by atoms with Gasteiger partial charge in [0.25, 0.3) is 0 Å². The Labute approximate surface area is 221 Å². The molecule has 0 saturated carbocycles. The monoisotopic (exact) mass is 554 g/mol. The summed E-state index contributed by atoms with van der Waals surface area (Å²) in [5.74, 6) is 1.61. The van der Waals surface area contributed by atoms with Crippen LogP contribution in [0.5, 0.6) is 5.75 Å². The Bertz CT molecular complexity index is 1200. The third-order valence-corrected chi connectivity index (χ3v) is 7.69. The summed E-state index contributed by atoms with van der Waals surface area (Å²) in [4.78, 5) is 18.7. The third-order valence-electron chi connectivity index (χ3n) is 7.20. The first-order valence-corrected chi connectivity index (χ1v) is 13.9. The van der Waals surface area contributed by atoms with E-state index >= 15 is 0 Å². The van der Waals surface area contributed by atoms with Gasteiger partial charge in [0.15, 0.2) is 0 Å². The molecule has 1 aromatic heterocycles. The largest absolute Gasteiger partial charge is 0.491 e. The number of urea groups is 1. The predicted octanol–water partition coefficient (Wildman–Crippen LogP) is 5.79. The lowest BCUT2D eigenvalue weighted by molar-refractivity contribution is 0.252. The summed E-state index contributed by atoms with van der Waals surface area (Å²) in [5, 5.41) is 0.945. The van der Waals surface area contributed by atoms with Gasteiger partial charge in [0.2, 0.25) is 5.88 Å². The summed E-state index contributed by atoms with van der Waals surface area (Å²) in [6.07, 6.45) is 6.43. The van der Waals surface area contributed by atoms with Crippen molar-refractivity contribution in [2.75, 3.05) is 55.7 Å². The Kier molecular flexibility index (Phi) is 8.02. The number of anilines is 2. The van der Waals surface area contributed by atoms with Gasteiger partial charge in [-0.1, -0.05) is 28.1 Å². The summed E-state index contributed by atoms with van der Waals surface area (Å²) in [7, 11) is 0. The van der Waals surface area contributed by atoms with E-state index in [0.717, 1.165) is 92.6 Å². The van der Waals surface area contributed by atoms with Crippen molar-refractivity contribution in [1.82, 2.24) is 4.90 Å². The number of hydrogen-bond acceptors (Lipinski definition) is 5. The number of carbonyl (C=O) groups excluding carboxylic acids is 1. The lowest BCUT2D eigenvalue weighted by atomic mass is 10.1. The topological polar surface area (TPSA) is 75.2 Å². The van der Waals surface area contributed by atoms with E-state index in [1.807, 2.05) is 24.3 Å². The molecule has 2 aliphatic heterocycles. The number of benzene rings is 2. The van der Waals surface area contributed by atoms with Crippen LogP contribution >= 0.6 is 15.9 Å².